The Hall–Kier alpha value is -1.95. The van der Waals surface area contributed by atoms with Gasteiger partial charge in [0.05, 0.1) is 27.3 Å². The van der Waals surface area contributed by atoms with Crippen LogP contribution in [0.5, 0.6) is 5.75 Å². The molecule has 2 aliphatic carbocycles. The predicted molar refractivity (Wildman–Crippen MR) is 154 cm³/mol. The maximum atomic E-state index is 13.2. The van der Waals surface area contributed by atoms with E-state index >= 15 is 0 Å². The van der Waals surface area contributed by atoms with E-state index in [1.165, 1.54) is 55.6 Å². The Morgan fingerprint density at radius 1 is 1.03 bits per heavy atom. The topological polar surface area (TPSA) is 96.6 Å². The van der Waals surface area contributed by atoms with E-state index in [0.29, 0.717) is 9.99 Å². The minimum atomic E-state index is -0.962. The van der Waals surface area contributed by atoms with Crippen molar-refractivity contribution in [2.45, 2.75) is 107 Å². The Morgan fingerprint density at radius 2 is 1.64 bits per heavy atom. The van der Waals surface area contributed by atoms with Crippen LogP contribution in [0.2, 0.25) is 0 Å². The van der Waals surface area contributed by atoms with Gasteiger partial charge in [0, 0.05) is 11.3 Å². The third-order valence-electron chi connectivity index (χ3n) is 8.58. The van der Waals surface area contributed by atoms with Crippen molar-refractivity contribution in [1.29, 1.82) is 5.26 Å². The maximum Gasteiger partial charge on any atom is 0.350 e. The van der Waals surface area contributed by atoms with Crippen molar-refractivity contribution >= 4 is 35.5 Å². The van der Waals surface area contributed by atoms with Gasteiger partial charge in [0.1, 0.15) is 11.8 Å². The number of hydrogen-bond acceptors (Lipinski definition) is 8. The summed E-state index contributed by atoms with van der Waals surface area (Å²) in [4.78, 5) is 27.5. The van der Waals surface area contributed by atoms with Crippen LogP contribution in [0.1, 0.15) is 90.5 Å². The predicted octanol–water partition coefficient (Wildman–Crippen LogP) is 7.56. The quantitative estimate of drug-likeness (QED) is 0.148. The van der Waals surface area contributed by atoms with E-state index < -0.39 is 11.6 Å². The molecule has 1 aromatic carbocycles. The fourth-order valence-corrected chi connectivity index (χ4v) is 8.62. The first-order valence-electron chi connectivity index (χ1n) is 14.3. The van der Waals surface area contributed by atoms with E-state index in [1.807, 2.05) is 25.1 Å². The largest absolute Gasteiger partial charge is 0.461 e. The molecule has 0 aromatic heterocycles. The lowest BCUT2D eigenvalue weighted by Crippen LogP contribution is -2.30. The van der Waals surface area contributed by atoms with Gasteiger partial charge < -0.3 is 14.6 Å². The van der Waals surface area contributed by atoms with Crippen molar-refractivity contribution in [2.24, 2.45) is 23.7 Å². The summed E-state index contributed by atoms with van der Waals surface area (Å²) in [5, 5.41) is 19.6. The smallest absolute Gasteiger partial charge is 0.350 e. The zero-order valence-corrected chi connectivity index (χ0v) is 25.2. The normalized spacial score (nSPS) is 26.4. The highest BCUT2D eigenvalue weighted by molar-refractivity contribution is 8.24. The van der Waals surface area contributed by atoms with E-state index in [-0.39, 0.29) is 30.5 Å². The molecule has 3 aliphatic rings. The molecule has 4 rings (SSSR count). The van der Waals surface area contributed by atoms with E-state index in [2.05, 4.69) is 6.92 Å². The van der Waals surface area contributed by atoms with E-state index in [9.17, 15) is 20.0 Å². The molecule has 0 spiro atoms. The molecule has 1 N–H and O–H groups in total. The van der Waals surface area contributed by atoms with Crippen molar-refractivity contribution < 1.29 is 24.2 Å². The van der Waals surface area contributed by atoms with Crippen molar-refractivity contribution in [3.63, 3.8) is 0 Å². The van der Waals surface area contributed by atoms with Crippen LogP contribution in [0, 0.1) is 41.9 Å². The number of benzene rings is 1. The van der Waals surface area contributed by atoms with Crippen molar-refractivity contribution in [3.05, 3.63) is 27.5 Å². The summed E-state index contributed by atoms with van der Waals surface area (Å²) in [6, 6.07) is 5.71. The van der Waals surface area contributed by atoms with Gasteiger partial charge in [-0.1, -0.05) is 55.8 Å². The van der Waals surface area contributed by atoms with E-state index in [0.717, 1.165) is 58.8 Å². The Labute approximate surface area is 241 Å². The summed E-state index contributed by atoms with van der Waals surface area (Å²) in [6.45, 7) is 7.56. The van der Waals surface area contributed by atoms with Gasteiger partial charge in [-0.2, -0.15) is 5.26 Å². The number of nitrogens with zero attached hydrogens (tertiary/aromatic N) is 1. The highest BCUT2D eigenvalue weighted by atomic mass is 32.2. The lowest BCUT2D eigenvalue weighted by molar-refractivity contribution is -0.141. The monoisotopic (exact) mass is 571 g/mol. The molecule has 0 amide bonds. The molecule has 6 nitrogen and oxygen atoms in total. The van der Waals surface area contributed by atoms with E-state index in [1.54, 1.807) is 13.8 Å². The van der Waals surface area contributed by atoms with Crippen LogP contribution in [0.25, 0.3) is 0 Å². The van der Waals surface area contributed by atoms with Gasteiger partial charge in [-0.05, 0) is 88.7 Å². The number of fused-ring (bicyclic) bond motifs is 1. The lowest BCUT2D eigenvalue weighted by Gasteiger charge is -2.37. The van der Waals surface area contributed by atoms with Gasteiger partial charge in [0.2, 0.25) is 0 Å². The van der Waals surface area contributed by atoms with Gasteiger partial charge in [0.25, 0.3) is 0 Å². The number of thioether (sulfide) groups is 2. The number of aliphatic hydroxyl groups is 1. The van der Waals surface area contributed by atoms with Crippen molar-refractivity contribution in [1.82, 2.24) is 0 Å². The van der Waals surface area contributed by atoms with Gasteiger partial charge in [-0.25, -0.2) is 4.79 Å². The number of aryl methyl sites for hydroxylation is 1. The molecule has 2 saturated carbocycles. The Bertz CT molecular complexity index is 1130. The molecule has 39 heavy (non-hydrogen) atoms. The standard InChI is InChI=1S/C31H41NO5S2/c1-5-20-7-9-21(10-8-20)22-11-13-23(14-12-22)28(33)37-25-15-6-19(2)26-27(25)39-30(38-26)24(18-32)29(34)36-17-16-31(3,4)35/h6,15,20-23,35H,5,7-14,16-17H2,1-4H3. The van der Waals surface area contributed by atoms with Gasteiger partial charge in [-0.15, -0.1) is 0 Å². The SMILES string of the molecule is CCC1CCC(C2CCC(C(=O)Oc3ccc(C)c4c3SC(=C(C#N)C(=O)OCCC(C)(C)O)S4)CC2)CC1. The molecule has 0 bridgehead atoms. The van der Waals surface area contributed by atoms with E-state index in [4.69, 9.17) is 9.47 Å². The third-order valence-corrected chi connectivity index (χ3v) is 11.3. The lowest BCUT2D eigenvalue weighted by atomic mass is 9.69. The van der Waals surface area contributed by atoms with Crippen LogP contribution in [0.4, 0.5) is 0 Å². The average Bonchev–Trinajstić information content (AvgIpc) is 3.36. The summed E-state index contributed by atoms with van der Waals surface area (Å²) in [7, 11) is 0. The molecule has 0 radical (unpaired) electrons. The van der Waals surface area contributed by atoms with Crippen molar-refractivity contribution in [2.75, 3.05) is 6.61 Å². The van der Waals surface area contributed by atoms with Gasteiger partial charge in [0.15, 0.2) is 5.57 Å². The summed E-state index contributed by atoms with van der Waals surface area (Å²) in [5.74, 6) is 1.98. The zero-order valence-electron chi connectivity index (χ0n) is 23.6. The average molecular weight is 572 g/mol. The minimum absolute atomic E-state index is 0.0210. The van der Waals surface area contributed by atoms with Crippen LogP contribution in [-0.2, 0) is 14.3 Å². The fraction of sp³-hybridized carbons (Fsp3) is 0.645. The van der Waals surface area contributed by atoms with Crippen LogP contribution < -0.4 is 4.74 Å². The van der Waals surface area contributed by atoms with Gasteiger partial charge >= 0.3 is 11.9 Å². The highest BCUT2D eigenvalue weighted by Crippen LogP contribution is 2.57. The molecular weight excluding hydrogens is 530 g/mol. The first-order chi connectivity index (χ1) is 18.6. The third kappa shape index (κ3) is 7.62. The molecule has 0 atom stereocenters. The Balaban J connectivity index is 1.37. The first-order valence-corrected chi connectivity index (χ1v) is 16.0. The second kappa shape index (κ2) is 13.1. The van der Waals surface area contributed by atoms with Crippen LogP contribution in [0.3, 0.4) is 0 Å². The minimum Gasteiger partial charge on any atom is -0.461 e. The van der Waals surface area contributed by atoms with Crippen LogP contribution in [0.15, 0.2) is 31.7 Å². The van der Waals surface area contributed by atoms with Crippen LogP contribution >= 0.6 is 23.5 Å². The number of carbonyl (C=O) groups is 2. The highest BCUT2D eigenvalue weighted by Gasteiger charge is 2.35. The number of nitriles is 1. The molecule has 0 unspecified atom stereocenters. The number of rotatable bonds is 8. The maximum absolute atomic E-state index is 13.2. The molecule has 212 valence electrons. The second-order valence-corrected chi connectivity index (χ2v) is 14.2. The number of ether oxygens (including phenoxy) is 2. The summed E-state index contributed by atoms with van der Waals surface area (Å²) in [5.41, 5.74) is -0.0421. The molecule has 1 heterocycles. The Kier molecular flexibility index (Phi) is 10.1. The van der Waals surface area contributed by atoms with Crippen molar-refractivity contribution in [3.8, 4) is 11.8 Å². The number of esters is 2. The molecule has 8 heteroatoms. The Morgan fingerprint density at radius 3 is 2.23 bits per heavy atom. The molecule has 0 saturated heterocycles. The molecular formula is C31H41NO5S2. The first kappa shape index (κ1) is 30.0. The summed E-state index contributed by atoms with van der Waals surface area (Å²) < 4.78 is 11.7. The molecule has 2 fully saturated rings. The van der Waals surface area contributed by atoms with Crippen LogP contribution in [-0.4, -0.2) is 29.3 Å². The summed E-state index contributed by atoms with van der Waals surface area (Å²) >= 11 is 2.62. The number of hydrogen-bond donors (Lipinski definition) is 1. The van der Waals surface area contributed by atoms with Gasteiger partial charge in [-0.3, -0.25) is 4.79 Å². The number of carbonyl (C=O) groups excluding carboxylic acids is 2. The second-order valence-electron chi connectivity index (χ2n) is 11.9. The summed E-state index contributed by atoms with van der Waals surface area (Å²) in [6.07, 6.45) is 11.0. The fourth-order valence-electron chi connectivity index (χ4n) is 5.98. The zero-order chi connectivity index (χ0) is 28.2. The molecule has 1 aliphatic heterocycles. The molecule has 1 aromatic rings.